The maximum absolute atomic E-state index is 14.1. The topological polar surface area (TPSA) is 66.9 Å². The van der Waals surface area contributed by atoms with Crippen molar-refractivity contribution in [2.24, 2.45) is 11.8 Å². The van der Waals surface area contributed by atoms with Gasteiger partial charge < -0.3 is 9.64 Å². The minimum Gasteiger partial charge on any atom is -0.496 e. The van der Waals surface area contributed by atoms with Gasteiger partial charge in [0.2, 0.25) is 11.8 Å². The molecule has 3 heterocycles. The van der Waals surface area contributed by atoms with E-state index in [1.165, 1.54) is 4.90 Å². The van der Waals surface area contributed by atoms with Crippen LogP contribution < -0.4 is 14.5 Å². The summed E-state index contributed by atoms with van der Waals surface area (Å²) in [7, 11) is 1.56. The van der Waals surface area contributed by atoms with Crippen LogP contribution in [0.1, 0.15) is 15.9 Å². The van der Waals surface area contributed by atoms with Crippen molar-refractivity contribution in [1.82, 2.24) is 0 Å². The van der Waals surface area contributed by atoms with Gasteiger partial charge >= 0.3 is 0 Å². The molecule has 180 valence electrons. The summed E-state index contributed by atoms with van der Waals surface area (Å²) in [6.45, 7) is 0. The van der Waals surface area contributed by atoms with Crippen LogP contribution in [-0.4, -0.2) is 36.8 Å². The molecule has 6 rings (SSSR count). The summed E-state index contributed by atoms with van der Waals surface area (Å²) in [6, 6.07) is 18.7. The van der Waals surface area contributed by atoms with E-state index in [2.05, 4.69) is 31.9 Å². The molecular formula is C28H20Br2N2O4. The molecule has 0 radical (unpaired) electrons. The molecule has 3 aromatic carbocycles. The molecule has 3 aromatic rings. The Kier molecular flexibility index (Phi) is 5.61. The van der Waals surface area contributed by atoms with E-state index in [0.717, 1.165) is 15.7 Å². The van der Waals surface area contributed by atoms with E-state index in [9.17, 15) is 14.4 Å². The fourth-order valence-corrected chi connectivity index (χ4v) is 6.45. The van der Waals surface area contributed by atoms with Crippen molar-refractivity contribution in [3.63, 3.8) is 0 Å². The molecular weight excluding hydrogens is 588 g/mol. The van der Waals surface area contributed by atoms with E-state index in [-0.39, 0.29) is 17.6 Å². The lowest BCUT2D eigenvalue weighted by Gasteiger charge is -2.36. The van der Waals surface area contributed by atoms with Crippen LogP contribution in [0.15, 0.2) is 81.8 Å². The van der Waals surface area contributed by atoms with E-state index in [1.807, 2.05) is 41.3 Å². The zero-order chi connectivity index (χ0) is 25.1. The molecule has 3 aliphatic rings. The van der Waals surface area contributed by atoms with Gasteiger partial charge in [0.15, 0.2) is 5.78 Å². The highest BCUT2D eigenvalue weighted by Gasteiger charge is 2.64. The fourth-order valence-electron chi connectivity index (χ4n) is 5.65. The average Bonchev–Trinajstić information content (AvgIpc) is 3.37. The van der Waals surface area contributed by atoms with Crippen molar-refractivity contribution in [3.8, 4) is 5.75 Å². The number of ketones is 1. The van der Waals surface area contributed by atoms with Gasteiger partial charge in [0, 0.05) is 15.7 Å². The van der Waals surface area contributed by atoms with Crippen LogP contribution in [0.5, 0.6) is 5.75 Å². The number of carbonyl (C=O) groups excluding carboxylic acids is 3. The van der Waals surface area contributed by atoms with Crippen molar-refractivity contribution >= 4 is 66.9 Å². The van der Waals surface area contributed by atoms with Crippen LogP contribution in [0.2, 0.25) is 0 Å². The first-order chi connectivity index (χ1) is 17.4. The number of rotatable bonds is 4. The molecule has 0 bridgehead atoms. The van der Waals surface area contributed by atoms with Crippen molar-refractivity contribution in [3.05, 3.63) is 92.9 Å². The van der Waals surface area contributed by atoms with Gasteiger partial charge in [-0.05, 0) is 70.0 Å². The number of fused-ring (bicyclic) bond motifs is 5. The quantitative estimate of drug-likeness (QED) is 0.290. The van der Waals surface area contributed by atoms with Gasteiger partial charge in [-0.2, -0.15) is 0 Å². The second kappa shape index (κ2) is 8.71. The Morgan fingerprint density at radius 1 is 0.917 bits per heavy atom. The minimum atomic E-state index is -0.830. The van der Waals surface area contributed by atoms with Crippen LogP contribution in [0.25, 0.3) is 6.08 Å². The first kappa shape index (κ1) is 23.2. The Labute approximate surface area is 224 Å². The van der Waals surface area contributed by atoms with E-state index in [0.29, 0.717) is 21.5 Å². The van der Waals surface area contributed by atoms with Gasteiger partial charge in [0.05, 0.1) is 35.1 Å². The van der Waals surface area contributed by atoms with Gasteiger partial charge in [0.1, 0.15) is 11.8 Å². The molecule has 0 saturated carbocycles. The number of Topliss-reactive ketones (excluding diaryl/α,β-unsaturated/α-hetero) is 1. The lowest BCUT2D eigenvalue weighted by molar-refractivity contribution is -0.122. The molecule has 0 aliphatic carbocycles. The highest BCUT2D eigenvalue weighted by molar-refractivity contribution is 9.10. The minimum absolute atomic E-state index is 0.209. The summed E-state index contributed by atoms with van der Waals surface area (Å²) in [5, 5.41) is 0. The summed E-state index contributed by atoms with van der Waals surface area (Å²) in [4.78, 5) is 45.1. The third-order valence-electron chi connectivity index (χ3n) is 7.20. The molecule has 0 aromatic heterocycles. The number of benzene rings is 3. The van der Waals surface area contributed by atoms with Crippen LogP contribution in [0.3, 0.4) is 0 Å². The van der Waals surface area contributed by atoms with Crippen molar-refractivity contribution in [1.29, 1.82) is 0 Å². The Morgan fingerprint density at radius 3 is 2.36 bits per heavy atom. The first-order valence-electron chi connectivity index (χ1n) is 11.5. The number of nitrogens with zero attached hydrogens (tertiary/aromatic N) is 2. The number of carbonyl (C=O) groups is 3. The van der Waals surface area contributed by atoms with E-state index >= 15 is 0 Å². The highest BCUT2D eigenvalue weighted by atomic mass is 79.9. The zero-order valence-corrected chi connectivity index (χ0v) is 22.3. The lowest BCUT2D eigenvalue weighted by Crippen LogP contribution is -2.48. The molecule has 6 nitrogen and oxygen atoms in total. The molecule has 0 N–H and O–H groups in total. The summed E-state index contributed by atoms with van der Waals surface area (Å²) in [5.74, 6) is -1.71. The number of anilines is 2. The molecule has 2 saturated heterocycles. The van der Waals surface area contributed by atoms with Gasteiger partial charge in [0.25, 0.3) is 0 Å². The van der Waals surface area contributed by atoms with Crippen LogP contribution in [0.4, 0.5) is 11.4 Å². The zero-order valence-electron chi connectivity index (χ0n) is 19.1. The van der Waals surface area contributed by atoms with Gasteiger partial charge in [-0.1, -0.05) is 46.3 Å². The van der Waals surface area contributed by atoms with Gasteiger partial charge in [-0.15, -0.1) is 0 Å². The number of imide groups is 1. The molecule has 4 atom stereocenters. The summed E-state index contributed by atoms with van der Waals surface area (Å²) < 4.78 is 6.82. The van der Waals surface area contributed by atoms with Crippen molar-refractivity contribution < 1.29 is 19.1 Å². The summed E-state index contributed by atoms with van der Waals surface area (Å²) in [5.41, 5.74) is 2.75. The second-order valence-electron chi connectivity index (χ2n) is 9.01. The Morgan fingerprint density at radius 2 is 1.64 bits per heavy atom. The number of ether oxygens (including phenoxy) is 1. The molecule has 3 aliphatic heterocycles. The lowest BCUT2D eigenvalue weighted by atomic mass is 9.86. The molecule has 8 heteroatoms. The molecule has 0 spiro atoms. The van der Waals surface area contributed by atoms with Gasteiger partial charge in [-0.3, -0.25) is 14.4 Å². The van der Waals surface area contributed by atoms with Crippen molar-refractivity contribution in [2.45, 2.75) is 12.1 Å². The number of hydrogen-bond donors (Lipinski definition) is 0. The standard InChI is InChI=1S/C28H20Br2N2O4/c1-36-22-13-7-16(14-19(22)30)26(33)25-24-23(21-12-6-15-4-2-3-5-20(15)32(21)25)27(34)31(28(24)35)18-10-8-17(29)9-11-18/h2-14,21,23-25H,1H3/t21-,23-,24-,25-/m1/s1. The molecule has 36 heavy (non-hydrogen) atoms. The Hall–Kier alpha value is -3.23. The number of para-hydroxylation sites is 1. The maximum atomic E-state index is 14.1. The smallest absolute Gasteiger partial charge is 0.240 e. The normalized spacial score (nSPS) is 24.0. The fraction of sp³-hybridized carbons (Fsp3) is 0.179. The molecule has 0 unspecified atom stereocenters. The average molecular weight is 608 g/mol. The second-order valence-corrected chi connectivity index (χ2v) is 10.8. The number of halogens is 2. The van der Waals surface area contributed by atoms with Crippen molar-refractivity contribution in [2.75, 3.05) is 16.9 Å². The largest absolute Gasteiger partial charge is 0.496 e. The molecule has 2 amide bonds. The van der Waals surface area contributed by atoms with E-state index in [4.69, 9.17) is 4.74 Å². The number of methoxy groups -OCH3 is 1. The summed E-state index contributed by atoms with van der Waals surface area (Å²) >= 11 is 6.87. The van der Waals surface area contributed by atoms with Crippen LogP contribution >= 0.6 is 31.9 Å². The number of hydrogen-bond acceptors (Lipinski definition) is 5. The first-order valence-corrected chi connectivity index (χ1v) is 13.1. The van der Waals surface area contributed by atoms with Crippen LogP contribution in [-0.2, 0) is 9.59 Å². The summed E-state index contributed by atoms with van der Waals surface area (Å²) in [6.07, 6.45) is 3.93. The van der Waals surface area contributed by atoms with Crippen LogP contribution in [0, 0.1) is 11.8 Å². The Balaban J connectivity index is 1.48. The SMILES string of the molecule is COc1ccc(C(=O)[C@H]2[C@@H]3C(=O)N(c4ccc(Br)cc4)C(=O)[C@@H]3[C@H]3C=Cc4ccccc4N32)cc1Br. The molecule has 2 fully saturated rings. The predicted octanol–water partition coefficient (Wildman–Crippen LogP) is 5.49. The van der Waals surface area contributed by atoms with E-state index < -0.39 is 23.9 Å². The Bertz CT molecular complexity index is 1450. The van der Waals surface area contributed by atoms with E-state index in [1.54, 1.807) is 49.6 Å². The number of amides is 2. The third-order valence-corrected chi connectivity index (χ3v) is 8.35. The highest BCUT2D eigenvalue weighted by Crippen LogP contribution is 2.50. The predicted molar refractivity (Wildman–Crippen MR) is 144 cm³/mol. The third kappa shape index (κ3) is 3.38. The van der Waals surface area contributed by atoms with Gasteiger partial charge in [-0.25, -0.2) is 4.90 Å². The monoisotopic (exact) mass is 606 g/mol. The maximum Gasteiger partial charge on any atom is 0.240 e.